The van der Waals surface area contributed by atoms with Crippen LogP contribution in [0.5, 0.6) is 11.5 Å². The average molecular weight is 796 g/mol. The summed E-state index contributed by atoms with van der Waals surface area (Å²) < 4.78 is 12.0. The second-order valence-electron chi connectivity index (χ2n) is 6.59. The van der Waals surface area contributed by atoms with Gasteiger partial charge in [-0.3, -0.25) is 0 Å². The van der Waals surface area contributed by atoms with Crippen molar-refractivity contribution in [1.29, 1.82) is 0 Å². The molecule has 0 bridgehead atoms. The van der Waals surface area contributed by atoms with E-state index in [0.29, 0.717) is 11.5 Å². The van der Waals surface area contributed by atoms with Crippen molar-refractivity contribution in [2.45, 2.75) is 0 Å². The van der Waals surface area contributed by atoms with E-state index in [-0.39, 0.29) is 0 Å². The van der Waals surface area contributed by atoms with E-state index in [9.17, 15) is 0 Å². The zero-order chi connectivity index (χ0) is 22.1. The molecule has 0 unspecified atom stereocenters. The van der Waals surface area contributed by atoms with Gasteiger partial charge in [0.1, 0.15) is 0 Å². The van der Waals surface area contributed by atoms with E-state index in [0.717, 1.165) is 49.1 Å². The molecule has 4 aromatic rings. The quantitative estimate of drug-likeness (QED) is 0.200. The number of hydrogen-bond acceptors (Lipinski definition) is 1. The molecule has 0 saturated heterocycles. The Morgan fingerprint density at radius 1 is 0.419 bits per heavy atom. The lowest BCUT2D eigenvalue weighted by atomic mass is 10.1. The summed E-state index contributed by atoms with van der Waals surface area (Å²) in [5.74, 6) is 1.41. The number of rotatable bonds is 4. The number of halogens is 6. The van der Waals surface area contributed by atoms with Crippen molar-refractivity contribution in [1.82, 2.24) is 0 Å². The Morgan fingerprint density at radius 2 is 0.774 bits per heavy atom. The molecule has 0 N–H and O–H groups in total. The fourth-order valence-electron chi connectivity index (χ4n) is 3.06. The fraction of sp³-hybridized carbons (Fsp3) is 0. The van der Waals surface area contributed by atoms with Crippen molar-refractivity contribution < 1.29 is 4.74 Å². The molecule has 4 aromatic carbocycles. The smallest absolute Gasteiger partial charge is 0.156 e. The molecule has 0 aliphatic carbocycles. The summed E-state index contributed by atoms with van der Waals surface area (Å²) in [6.45, 7) is 0. The molecule has 31 heavy (non-hydrogen) atoms. The Morgan fingerprint density at radius 3 is 1.13 bits per heavy atom. The summed E-state index contributed by atoms with van der Waals surface area (Å²) >= 11 is 21.8. The Kier molecular flexibility index (Phi) is 7.82. The van der Waals surface area contributed by atoms with Gasteiger partial charge in [0.25, 0.3) is 0 Å². The largest absolute Gasteiger partial charge is 0.453 e. The molecule has 0 heterocycles. The van der Waals surface area contributed by atoms with Crippen LogP contribution in [0.25, 0.3) is 22.3 Å². The van der Waals surface area contributed by atoms with Gasteiger partial charge in [-0.2, -0.15) is 0 Å². The van der Waals surface area contributed by atoms with Crippen LogP contribution in [-0.4, -0.2) is 0 Å². The molecule has 1 nitrogen and oxygen atoms in total. The van der Waals surface area contributed by atoms with Crippen LogP contribution in [0, 0.1) is 0 Å². The Balaban J connectivity index is 1.79. The van der Waals surface area contributed by atoms with Gasteiger partial charge in [-0.05, 0) is 122 Å². The standard InChI is InChI=1S/C24H12Br6O/c25-15-5-1-13(2-6-15)17-9-11-19(27)23(21(17)29)31-24-20(28)12-10-18(22(24)30)14-3-7-16(26)8-4-14/h1-12H. The van der Waals surface area contributed by atoms with Gasteiger partial charge in [0, 0.05) is 8.95 Å². The van der Waals surface area contributed by atoms with E-state index in [1.165, 1.54) is 0 Å². The van der Waals surface area contributed by atoms with E-state index in [2.05, 4.69) is 132 Å². The van der Waals surface area contributed by atoms with E-state index < -0.39 is 0 Å². The minimum Gasteiger partial charge on any atom is -0.453 e. The van der Waals surface area contributed by atoms with Gasteiger partial charge in [-0.25, -0.2) is 0 Å². The SMILES string of the molecule is Brc1ccc(-c2ccc(Br)c(Oc3c(Br)ccc(-c4ccc(Br)cc4)c3Br)c2Br)cc1. The first-order valence-electron chi connectivity index (χ1n) is 9.01. The van der Waals surface area contributed by atoms with E-state index in [1.807, 2.05) is 36.4 Å². The first-order valence-corrected chi connectivity index (χ1v) is 13.8. The Bertz CT molecular complexity index is 1150. The van der Waals surface area contributed by atoms with E-state index in [1.54, 1.807) is 0 Å². The predicted molar refractivity (Wildman–Crippen MR) is 150 cm³/mol. The lowest BCUT2D eigenvalue weighted by Crippen LogP contribution is -1.93. The lowest BCUT2D eigenvalue weighted by molar-refractivity contribution is 0.471. The highest BCUT2D eigenvalue weighted by molar-refractivity contribution is 9.11. The van der Waals surface area contributed by atoms with Crippen LogP contribution in [0.1, 0.15) is 0 Å². The molecular formula is C24H12Br6O. The summed E-state index contributed by atoms with van der Waals surface area (Å²) in [4.78, 5) is 0. The fourth-order valence-corrected chi connectivity index (χ4v) is 6.25. The van der Waals surface area contributed by atoms with Gasteiger partial charge in [0.15, 0.2) is 11.5 Å². The third-order valence-corrected chi connectivity index (χ3v) is 8.49. The molecule has 0 amide bonds. The van der Waals surface area contributed by atoms with Crippen LogP contribution >= 0.6 is 95.6 Å². The molecule has 4 rings (SSSR count). The third kappa shape index (κ3) is 5.22. The molecule has 156 valence electrons. The van der Waals surface area contributed by atoms with Crippen molar-refractivity contribution in [2.75, 3.05) is 0 Å². The highest BCUT2D eigenvalue weighted by Crippen LogP contribution is 2.48. The molecular weight excluding hydrogens is 784 g/mol. The summed E-state index contributed by atoms with van der Waals surface area (Å²) in [5.41, 5.74) is 4.27. The summed E-state index contributed by atoms with van der Waals surface area (Å²) in [5, 5.41) is 0. The van der Waals surface area contributed by atoms with Gasteiger partial charge < -0.3 is 4.74 Å². The molecule has 0 spiro atoms. The maximum atomic E-state index is 6.47. The van der Waals surface area contributed by atoms with Crippen LogP contribution in [0.15, 0.2) is 99.6 Å². The minimum absolute atomic E-state index is 0.703. The normalized spacial score (nSPS) is 10.9. The van der Waals surface area contributed by atoms with Gasteiger partial charge in [-0.1, -0.05) is 68.3 Å². The van der Waals surface area contributed by atoms with Crippen LogP contribution in [0.4, 0.5) is 0 Å². The van der Waals surface area contributed by atoms with Crippen LogP contribution in [-0.2, 0) is 0 Å². The van der Waals surface area contributed by atoms with Gasteiger partial charge in [0.2, 0.25) is 0 Å². The second kappa shape index (κ2) is 10.2. The van der Waals surface area contributed by atoms with Crippen LogP contribution in [0.2, 0.25) is 0 Å². The monoisotopic (exact) mass is 790 g/mol. The first kappa shape index (κ1) is 23.7. The topological polar surface area (TPSA) is 9.23 Å². The molecule has 0 aliphatic rings. The zero-order valence-electron chi connectivity index (χ0n) is 15.6. The van der Waals surface area contributed by atoms with Crippen molar-refractivity contribution in [3.8, 4) is 33.8 Å². The Hall–Kier alpha value is -0.440. The van der Waals surface area contributed by atoms with Crippen molar-refractivity contribution >= 4 is 95.6 Å². The van der Waals surface area contributed by atoms with Crippen LogP contribution < -0.4 is 4.74 Å². The molecule has 7 heteroatoms. The molecule has 0 aromatic heterocycles. The number of benzene rings is 4. The van der Waals surface area contributed by atoms with Gasteiger partial charge >= 0.3 is 0 Å². The second-order valence-corrected chi connectivity index (χ2v) is 11.7. The molecule has 0 saturated carbocycles. The molecule has 0 radical (unpaired) electrons. The maximum Gasteiger partial charge on any atom is 0.156 e. The van der Waals surface area contributed by atoms with Crippen LogP contribution in [0.3, 0.4) is 0 Å². The molecule has 0 fully saturated rings. The highest BCUT2D eigenvalue weighted by Gasteiger charge is 2.19. The highest BCUT2D eigenvalue weighted by atomic mass is 79.9. The summed E-state index contributed by atoms with van der Waals surface area (Å²) in [7, 11) is 0. The Labute approximate surface area is 231 Å². The van der Waals surface area contributed by atoms with Crippen molar-refractivity contribution in [3.05, 3.63) is 99.6 Å². The average Bonchev–Trinajstić information content (AvgIpc) is 2.75. The molecule has 0 atom stereocenters. The summed E-state index contributed by atoms with van der Waals surface area (Å²) in [6.07, 6.45) is 0. The first-order chi connectivity index (χ1) is 14.8. The van der Waals surface area contributed by atoms with Crippen molar-refractivity contribution in [2.24, 2.45) is 0 Å². The number of ether oxygens (including phenoxy) is 1. The zero-order valence-corrected chi connectivity index (χ0v) is 25.1. The van der Waals surface area contributed by atoms with E-state index >= 15 is 0 Å². The number of hydrogen-bond donors (Lipinski definition) is 0. The predicted octanol–water partition coefficient (Wildman–Crippen LogP) is 11.4. The molecule has 0 aliphatic heterocycles. The minimum atomic E-state index is 0.703. The van der Waals surface area contributed by atoms with Crippen molar-refractivity contribution in [3.63, 3.8) is 0 Å². The maximum absolute atomic E-state index is 6.47. The van der Waals surface area contributed by atoms with E-state index in [4.69, 9.17) is 4.74 Å². The lowest BCUT2D eigenvalue weighted by Gasteiger charge is -2.17. The van der Waals surface area contributed by atoms with Gasteiger partial charge in [-0.15, -0.1) is 0 Å². The third-order valence-electron chi connectivity index (χ3n) is 4.61. The summed E-state index contributed by atoms with van der Waals surface area (Å²) in [6, 6.07) is 24.5. The van der Waals surface area contributed by atoms with Gasteiger partial charge in [0.05, 0.1) is 17.9 Å².